The molecule has 1 atom stereocenters. The van der Waals surface area contributed by atoms with E-state index in [9.17, 15) is 19.2 Å². The number of hydrogen-bond acceptors (Lipinski definition) is 6. The summed E-state index contributed by atoms with van der Waals surface area (Å²) in [6, 6.07) is 3.59. The van der Waals surface area contributed by atoms with Crippen LogP contribution in [0.4, 0.5) is 0 Å². The monoisotopic (exact) mass is 366 g/mol. The highest BCUT2D eigenvalue weighted by molar-refractivity contribution is 7.14. The van der Waals surface area contributed by atoms with Crippen LogP contribution >= 0.6 is 11.3 Å². The number of esters is 1. The summed E-state index contributed by atoms with van der Waals surface area (Å²) < 4.78 is 4.95. The smallest absolute Gasteiger partial charge is 0.306 e. The summed E-state index contributed by atoms with van der Waals surface area (Å²) >= 11 is 1.39. The van der Waals surface area contributed by atoms with Crippen molar-refractivity contribution >= 4 is 34.9 Å². The number of piperidine rings is 1. The van der Waals surface area contributed by atoms with Crippen LogP contribution in [0.25, 0.3) is 0 Å². The van der Waals surface area contributed by atoms with Crippen molar-refractivity contribution in [3.63, 3.8) is 0 Å². The number of ketones is 1. The van der Waals surface area contributed by atoms with E-state index in [1.807, 2.05) is 13.0 Å². The normalized spacial score (nSPS) is 17.2. The minimum Gasteiger partial charge on any atom is -0.456 e. The van der Waals surface area contributed by atoms with Crippen molar-refractivity contribution in [3.05, 3.63) is 21.9 Å². The summed E-state index contributed by atoms with van der Waals surface area (Å²) in [5.74, 6) is -1.81. The number of ether oxygens (including phenoxy) is 1. The van der Waals surface area contributed by atoms with Crippen molar-refractivity contribution in [3.8, 4) is 0 Å². The zero-order chi connectivity index (χ0) is 18.4. The van der Waals surface area contributed by atoms with Crippen molar-refractivity contribution in [1.29, 1.82) is 0 Å². The van der Waals surface area contributed by atoms with Gasteiger partial charge >= 0.3 is 5.97 Å². The molecule has 7 nitrogen and oxygen atoms in total. The van der Waals surface area contributed by atoms with Crippen LogP contribution in [0.1, 0.15) is 40.2 Å². The van der Waals surface area contributed by atoms with Crippen LogP contribution in [-0.2, 0) is 19.1 Å². The molecule has 2 amide bonds. The number of carbonyl (C=O) groups is 4. The average Bonchev–Trinajstić information content (AvgIpc) is 3.04. The molecule has 1 aliphatic rings. The Morgan fingerprint density at radius 1 is 1.28 bits per heavy atom. The number of thiophene rings is 1. The number of primary amides is 1. The third-order valence-electron chi connectivity index (χ3n) is 4.10. The molecule has 136 valence electrons. The number of amides is 2. The quantitative estimate of drug-likeness (QED) is 0.578. The lowest BCUT2D eigenvalue weighted by atomic mass is 9.97. The van der Waals surface area contributed by atoms with Crippen molar-refractivity contribution in [2.75, 3.05) is 19.7 Å². The van der Waals surface area contributed by atoms with E-state index in [-0.39, 0.29) is 43.6 Å². The molecule has 0 aliphatic carbocycles. The molecule has 1 saturated heterocycles. The van der Waals surface area contributed by atoms with E-state index < -0.39 is 11.9 Å². The Bertz CT molecular complexity index is 670. The first-order chi connectivity index (χ1) is 11.9. The summed E-state index contributed by atoms with van der Waals surface area (Å²) in [6.07, 6.45) is 1.36. The van der Waals surface area contributed by atoms with Crippen LogP contribution in [0, 0.1) is 12.8 Å². The van der Waals surface area contributed by atoms with Gasteiger partial charge in [0.15, 0.2) is 12.4 Å². The van der Waals surface area contributed by atoms with Gasteiger partial charge in [0, 0.05) is 24.4 Å². The molecule has 0 saturated carbocycles. The molecule has 1 aromatic heterocycles. The van der Waals surface area contributed by atoms with Crippen molar-refractivity contribution in [1.82, 2.24) is 4.90 Å². The fourth-order valence-electron chi connectivity index (χ4n) is 2.66. The molecule has 2 N–H and O–H groups in total. The number of nitrogens with two attached hydrogens (primary N) is 1. The number of likely N-dealkylation sites (tertiary alicyclic amines) is 1. The van der Waals surface area contributed by atoms with Gasteiger partial charge in [-0.05, 0) is 31.9 Å². The van der Waals surface area contributed by atoms with Crippen LogP contribution < -0.4 is 5.73 Å². The maximum atomic E-state index is 12.1. The van der Waals surface area contributed by atoms with Crippen LogP contribution in [0.3, 0.4) is 0 Å². The van der Waals surface area contributed by atoms with Crippen molar-refractivity contribution < 1.29 is 23.9 Å². The van der Waals surface area contributed by atoms with Gasteiger partial charge in [-0.15, -0.1) is 11.3 Å². The minimum atomic E-state index is -0.585. The highest BCUT2D eigenvalue weighted by Gasteiger charge is 2.27. The van der Waals surface area contributed by atoms with E-state index in [4.69, 9.17) is 10.5 Å². The topological polar surface area (TPSA) is 107 Å². The van der Waals surface area contributed by atoms with Gasteiger partial charge < -0.3 is 15.4 Å². The first-order valence-corrected chi connectivity index (χ1v) is 9.01. The van der Waals surface area contributed by atoms with Crippen molar-refractivity contribution in [2.45, 2.75) is 32.6 Å². The highest BCUT2D eigenvalue weighted by Crippen LogP contribution is 2.18. The maximum Gasteiger partial charge on any atom is 0.306 e. The van der Waals surface area contributed by atoms with Gasteiger partial charge in [-0.3, -0.25) is 19.2 Å². The SMILES string of the molecule is Cc1ccc(C(=O)CCC(=O)OCC(=O)N2CCC[C@H](C(N)=O)C2)s1. The first-order valence-electron chi connectivity index (χ1n) is 8.19. The Balaban J connectivity index is 1.71. The summed E-state index contributed by atoms with van der Waals surface area (Å²) in [6.45, 7) is 2.32. The molecule has 0 aromatic carbocycles. The fraction of sp³-hybridized carbons (Fsp3) is 0.529. The van der Waals surface area contributed by atoms with Gasteiger partial charge in [-0.2, -0.15) is 0 Å². The summed E-state index contributed by atoms with van der Waals surface area (Å²) in [5.41, 5.74) is 5.28. The lowest BCUT2D eigenvalue weighted by Gasteiger charge is -2.31. The molecule has 2 rings (SSSR count). The van der Waals surface area contributed by atoms with Crippen LogP contribution in [0.5, 0.6) is 0 Å². The van der Waals surface area contributed by atoms with Gasteiger partial charge in [0.05, 0.1) is 17.2 Å². The van der Waals surface area contributed by atoms with E-state index in [1.54, 1.807) is 6.07 Å². The van der Waals surface area contributed by atoms with Gasteiger partial charge in [0.25, 0.3) is 5.91 Å². The number of carbonyl (C=O) groups excluding carboxylic acids is 4. The number of Topliss-reactive ketones (excluding diaryl/α,β-unsaturated/α-hetero) is 1. The van der Waals surface area contributed by atoms with E-state index in [0.717, 1.165) is 4.88 Å². The summed E-state index contributed by atoms with van der Waals surface area (Å²) in [7, 11) is 0. The molecule has 0 radical (unpaired) electrons. The van der Waals surface area contributed by atoms with Gasteiger partial charge in [-0.25, -0.2) is 0 Å². The molecule has 1 aromatic rings. The Hall–Kier alpha value is -2.22. The van der Waals surface area contributed by atoms with Crippen LogP contribution in [0.2, 0.25) is 0 Å². The summed E-state index contributed by atoms with van der Waals surface area (Å²) in [5, 5.41) is 0. The Morgan fingerprint density at radius 2 is 2.04 bits per heavy atom. The second-order valence-corrected chi connectivity index (χ2v) is 7.36. The second kappa shape index (κ2) is 8.75. The van der Waals surface area contributed by atoms with E-state index in [2.05, 4.69) is 0 Å². The van der Waals surface area contributed by atoms with E-state index in [0.29, 0.717) is 24.3 Å². The highest BCUT2D eigenvalue weighted by atomic mass is 32.1. The van der Waals surface area contributed by atoms with Gasteiger partial charge in [-0.1, -0.05) is 0 Å². The van der Waals surface area contributed by atoms with Crippen molar-refractivity contribution in [2.24, 2.45) is 11.7 Å². The number of hydrogen-bond donors (Lipinski definition) is 1. The number of nitrogens with zero attached hydrogens (tertiary/aromatic N) is 1. The number of aryl methyl sites for hydroxylation is 1. The Kier molecular flexibility index (Phi) is 6.69. The molecule has 8 heteroatoms. The molecule has 0 spiro atoms. The van der Waals surface area contributed by atoms with E-state index >= 15 is 0 Å². The lowest BCUT2D eigenvalue weighted by Crippen LogP contribution is -2.45. The predicted molar refractivity (Wildman–Crippen MR) is 92.1 cm³/mol. The molecule has 25 heavy (non-hydrogen) atoms. The van der Waals surface area contributed by atoms with Crippen LogP contribution in [0.15, 0.2) is 12.1 Å². The minimum absolute atomic E-state index is 0.0560. The molecule has 1 fully saturated rings. The second-order valence-electron chi connectivity index (χ2n) is 6.08. The third kappa shape index (κ3) is 5.67. The van der Waals surface area contributed by atoms with E-state index in [1.165, 1.54) is 16.2 Å². The molecule has 1 aliphatic heterocycles. The maximum absolute atomic E-state index is 12.1. The molecular formula is C17H22N2O5S. The Morgan fingerprint density at radius 3 is 2.68 bits per heavy atom. The van der Waals surface area contributed by atoms with Gasteiger partial charge in [0.2, 0.25) is 5.91 Å². The first kappa shape index (κ1) is 19.1. The summed E-state index contributed by atoms with van der Waals surface area (Å²) in [4.78, 5) is 50.1. The molecule has 0 bridgehead atoms. The molecule has 0 unspecified atom stereocenters. The average molecular weight is 366 g/mol. The zero-order valence-corrected chi connectivity index (χ0v) is 15.0. The third-order valence-corrected chi connectivity index (χ3v) is 5.15. The predicted octanol–water partition coefficient (Wildman–Crippen LogP) is 1.29. The fourth-order valence-corrected chi connectivity index (χ4v) is 3.50. The molecular weight excluding hydrogens is 344 g/mol. The molecule has 2 heterocycles. The van der Waals surface area contributed by atoms with Crippen LogP contribution in [-0.4, -0.2) is 48.2 Å². The standard InChI is InChI=1S/C17H22N2O5S/c1-11-4-6-14(25-11)13(20)5-7-16(22)24-10-15(21)19-8-2-3-12(9-19)17(18)23/h4,6,12H,2-3,5,7-10H2,1H3,(H2,18,23)/t12-/m0/s1. The zero-order valence-electron chi connectivity index (χ0n) is 14.2. The van der Waals surface area contributed by atoms with Gasteiger partial charge in [0.1, 0.15) is 0 Å². The number of rotatable bonds is 7. The largest absolute Gasteiger partial charge is 0.456 e. The Labute approximate surface area is 150 Å². The lowest BCUT2D eigenvalue weighted by molar-refractivity contribution is -0.153.